The predicted molar refractivity (Wildman–Crippen MR) is 123 cm³/mol. The molecular weight excluding hydrogens is 455 g/mol. The molecule has 0 atom stereocenters. The van der Waals surface area contributed by atoms with Crippen LogP contribution < -0.4 is 4.74 Å². The number of rotatable bonds is 7. The van der Waals surface area contributed by atoms with E-state index in [-0.39, 0.29) is 23.4 Å². The maximum absolute atomic E-state index is 13.4. The molecule has 0 aliphatic heterocycles. The van der Waals surface area contributed by atoms with Gasteiger partial charge in [0.15, 0.2) is 0 Å². The Balaban J connectivity index is 2.73. The van der Waals surface area contributed by atoms with Crippen LogP contribution >= 0.6 is 0 Å². The standard InChI is InChI=1S/C24H31F5N2OSi/c1-8-17-18(12-13-33(5,6)7)31(21(9-2)30-17)19-11-10-16(14-20(19)32-22(25)26)15-23(3,4)24(27,28)29/h10-11,14,22H,8-9,15H2,1-7H3. The van der Waals surface area contributed by atoms with Crippen molar-refractivity contribution in [3.8, 4) is 22.9 Å². The van der Waals surface area contributed by atoms with Crippen molar-refractivity contribution in [2.24, 2.45) is 5.41 Å². The van der Waals surface area contributed by atoms with Gasteiger partial charge in [0.2, 0.25) is 0 Å². The number of hydrogen-bond acceptors (Lipinski definition) is 2. The number of halogens is 5. The normalized spacial score (nSPS) is 12.6. The highest BCUT2D eigenvalue weighted by molar-refractivity contribution is 6.83. The number of ether oxygens (including phenoxy) is 1. The van der Waals surface area contributed by atoms with E-state index in [1.807, 2.05) is 13.8 Å². The van der Waals surface area contributed by atoms with Crippen molar-refractivity contribution in [3.05, 3.63) is 41.0 Å². The summed E-state index contributed by atoms with van der Waals surface area (Å²) in [4.78, 5) is 4.64. The summed E-state index contributed by atoms with van der Waals surface area (Å²) in [5, 5.41) is 0. The van der Waals surface area contributed by atoms with Crippen molar-refractivity contribution in [3.63, 3.8) is 0 Å². The Morgan fingerprint density at radius 1 is 1.09 bits per heavy atom. The molecular formula is C24H31F5N2OSi. The van der Waals surface area contributed by atoms with Gasteiger partial charge in [-0.05, 0) is 30.5 Å². The highest BCUT2D eigenvalue weighted by Gasteiger charge is 2.47. The van der Waals surface area contributed by atoms with E-state index in [2.05, 4.69) is 36.1 Å². The van der Waals surface area contributed by atoms with Gasteiger partial charge in [0.25, 0.3) is 0 Å². The number of aromatic nitrogens is 2. The fourth-order valence-corrected chi connectivity index (χ4v) is 3.78. The minimum Gasteiger partial charge on any atom is -0.433 e. The van der Waals surface area contributed by atoms with E-state index in [0.29, 0.717) is 24.4 Å². The van der Waals surface area contributed by atoms with Crippen LogP contribution in [0, 0.1) is 16.9 Å². The lowest BCUT2D eigenvalue weighted by Gasteiger charge is -2.28. The molecule has 1 heterocycles. The molecule has 2 aromatic rings. The molecule has 1 aromatic carbocycles. The number of alkyl halides is 5. The summed E-state index contributed by atoms with van der Waals surface area (Å²) in [6.45, 7) is 9.13. The average molecular weight is 487 g/mol. The largest absolute Gasteiger partial charge is 0.433 e. The second-order valence-electron chi connectivity index (χ2n) is 9.60. The zero-order valence-electron chi connectivity index (χ0n) is 20.1. The molecule has 0 saturated carbocycles. The molecule has 3 nitrogen and oxygen atoms in total. The van der Waals surface area contributed by atoms with Gasteiger partial charge in [0.05, 0.1) is 16.8 Å². The number of imidazole rings is 1. The van der Waals surface area contributed by atoms with Gasteiger partial charge in [-0.3, -0.25) is 4.57 Å². The smallest absolute Gasteiger partial charge is 0.394 e. The highest BCUT2D eigenvalue weighted by atomic mass is 28.3. The topological polar surface area (TPSA) is 27.1 Å². The van der Waals surface area contributed by atoms with E-state index in [4.69, 9.17) is 4.74 Å². The third-order valence-corrected chi connectivity index (χ3v) is 6.00. The molecule has 33 heavy (non-hydrogen) atoms. The minimum absolute atomic E-state index is 0.203. The van der Waals surface area contributed by atoms with Crippen molar-refractivity contribution in [2.45, 2.75) is 79.4 Å². The molecule has 0 bridgehead atoms. The predicted octanol–water partition coefficient (Wildman–Crippen LogP) is 6.96. The number of nitrogens with zero attached hydrogens (tertiary/aromatic N) is 2. The van der Waals surface area contributed by atoms with Crippen LogP contribution in [0.2, 0.25) is 19.6 Å². The van der Waals surface area contributed by atoms with Crippen LogP contribution in [0.4, 0.5) is 22.0 Å². The Morgan fingerprint density at radius 3 is 2.21 bits per heavy atom. The van der Waals surface area contributed by atoms with E-state index in [0.717, 1.165) is 19.5 Å². The minimum atomic E-state index is -4.44. The maximum atomic E-state index is 13.4. The van der Waals surface area contributed by atoms with Crippen LogP contribution in [0.25, 0.3) is 5.69 Å². The molecule has 0 aliphatic carbocycles. The monoisotopic (exact) mass is 486 g/mol. The average Bonchev–Trinajstić information content (AvgIpc) is 3.02. The van der Waals surface area contributed by atoms with Gasteiger partial charge in [0, 0.05) is 6.42 Å². The van der Waals surface area contributed by atoms with Crippen molar-refractivity contribution in [1.82, 2.24) is 9.55 Å². The molecule has 0 aliphatic rings. The summed E-state index contributed by atoms with van der Waals surface area (Å²) < 4.78 is 73.2. The molecule has 0 unspecified atom stereocenters. The van der Waals surface area contributed by atoms with Crippen LogP contribution in [0.1, 0.15) is 50.5 Å². The van der Waals surface area contributed by atoms with E-state index < -0.39 is 26.3 Å². The Labute approximate surface area is 193 Å². The number of aryl methyl sites for hydroxylation is 2. The van der Waals surface area contributed by atoms with Crippen molar-refractivity contribution < 1.29 is 26.7 Å². The molecule has 9 heteroatoms. The molecule has 0 amide bonds. The summed E-state index contributed by atoms with van der Waals surface area (Å²) in [6.07, 6.45) is -3.70. The van der Waals surface area contributed by atoms with Gasteiger partial charge in [-0.2, -0.15) is 22.0 Å². The van der Waals surface area contributed by atoms with E-state index >= 15 is 0 Å². The van der Waals surface area contributed by atoms with Crippen molar-refractivity contribution in [2.75, 3.05) is 0 Å². The van der Waals surface area contributed by atoms with Gasteiger partial charge in [-0.1, -0.05) is 59.3 Å². The number of benzene rings is 1. The summed E-state index contributed by atoms with van der Waals surface area (Å²) in [5.74, 6) is 3.62. The van der Waals surface area contributed by atoms with E-state index in [9.17, 15) is 22.0 Å². The van der Waals surface area contributed by atoms with Gasteiger partial charge < -0.3 is 4.74 Å². The summed E-state index contributed by atoms with van der Waals surface area (Å²) in [5.41, 5.74) is 3.14. The first-order valence-electron chi connectivity index (χ1n) is 10.9. The van der Waals surface area contributed by atoms with Crippen molar-refractivity contribution >= 4 is 8.07 Å². The van der Waals surface area contributed by atoms with Gasteiger partial charge in [-0.25, -0.2) is 4.98 Å². The summed E-state index contributed by atoms with van der Waals surface area (Å²) in [7, 11) is -1.75. The molecule has 0 fully saturated rings. The molecule has 1 aromatic heterocycles. The quantitative estimate of drug-likeness (QED) is 0.240. The zero-order chi connectivity index (χ0) is 25.2. The molecule has 0 saturated heterocycles. The van der Waals surface area contributed by atoms with E-state index in [1.165, 1.54) is 18.2 Å². The summed E-state index contributed by atoms with van der Waals surface area (Å²) in [6, 6.07) is 4.29. The first-order valence-corrected chi connectivity index (χ1v) is 14.4. The molecule has 0 radical (unpaired) electrons. The second-order valence-corrected chi connectivity index (χ2v) is 14.4. The van der Waals surface area contributed by atoms with Crippen LogP contribution in [0.3, 0.4) is 0 Å². The SMILES string of the molecule is CCc1nc(CC)n(-c2ccc(CC(C)(C)C(F)(F)F)cc2OC(F)F)c1C#C[Si](C)(C)C. The van der Waals surface area contributed by atoms with Crippen LogP contribution in [-0.2, 0) is 19.3 Å². The molecule has 0 N–H and O–H groups in total. The molecule has 0 spiro atoms. The van der Waals surface area contributed by atoms with Crippen LogP contribution in [-0.4, -0.2) is 30.4 Å². The third kappa shape index (κ3) is 6.59. The fourth-order valence-electron chi connectivity index (χ4n) is 3.29. The van der Waals surface area contributed by atoms with Crippen LogP contribution in [0.15, 0.2) is 18.2 Å². The fraction of sp³-hybridized carbons (Fsp3) is 0.542. The van der Waals surface area contributed by atoms with Gasteiger partial charge in [-0.15, -0.1) is 5.54 Å². The Kier molecular flexibility index (Phi) is 8.05. The Hall–Kier alpha value is -2.34. The lowest BCUT2D eigenvalue weighted by atomic mass is 9.85. The van der Waals surface area contributed by atoms with E-state index in [1.54, 1.807) is 4.57 Å². The van der Waals surface area contributed by atoms with Crippen molar-refractivity contribution in [1.29, 1.82) is 0 Å². The first kappa shape index (κ1) is 26.9. The first-order chi connectivity index (χ1) is 15.1. The number of hydrogen-bond donors (Lipinski definition) is 0. The van der Waals surface area contributed by atoms with Gasteiger partial charge in [0.1, 0.15) is 25.3 Å². The third-order valence-electron chi connectivity index (χ3n) is 5.12. The Morgan fingerprint density at radius 2 is 1.73 bits per heavy atom. The molecule has 182 valence electrons. The highest BCUT2D eigenvalue weighted by Crippen LogP contribution is 2.41. The zero-order valence-corrected chi connectivity index (χ0v) is 21.1. The summed E-state index contributed by atoms with van der Waals surface area (Å²) >= 11 is 0. The van der Waals surface area contributed by atoms with Gasteiger partial charge >= 0.3 is 12.8 Å². The van der Waals surface area contributed by atoms with Crippen LogP contribution in [0.5, 0.6) is 5.75 Å². The second kappa shape index (κ2) is 9.88. The lowest BCUT2D eigenvalue weighted by molar-refractivity contribution is -0.211. The maximum Gasteiger partial charge on any atom is 0.394 e. The Bertz CT molecular complexity index is 1040. The lowest BCUT2D eigenvalue weighted by Crippen LogP contribution is -2.34. The molecule has 2 rings (SSSR count).